The van der Waals surface area contributed by atoms with Gasteiger partial charge in [0.15, 0.2) is 27.8 Å². The van der Waals surface area contributed by atoms with Gasteiger partial charge in [0.2, 0.25) is 14.7 Å². The molecule has 2 unspecified atom stereocenters. The molecule has 3 aliphatic heterocycles. The summed E-state index contributed by atoms with van der Waals surface area (Å²) in [5, 5.41) is 29.7. The summed E-state index contributed by atoms with van der Waals surface area (Å²) in [4.78, 5) is 122. The number of rotatable bonds is 33. The van der Waals surface area contributed by atoms with Crippen molar-refractivity contribution in [1.82, 2.24) is 55.2 Å². The molecular formula is C95H112Cl3N22NaO18P2. The third kappa shape index (κ3) is 34.9. The molecule has 0 radical (unpaired) electrons. The summed E-state index contributed by atoms with van der Waals surface area (Å²) < 4.78 is 70.1. The van der Waals surface area contributed by atoms with E-state index in [0.717, 1.165) is 27.8 Å². The number of hydrogen-bond donors (Lipinski definition) is 10. The summed E-state index contributed by atoms with van der Waals surface area (Å²) in [7, 11) is -0.770. The first-order valence-corrected chi connectivity index (χ1v) is 49.1. The number of aliphatic hydroxyl groups is 1. The fraction of sp³-hybridized carbons (Fsp3) is 0.284. The van der Waals surface area contributed by atoms with Gasteiger partial charge in [-0.3, -0.25) is 33.1 Å². The van der Waals surface area contributed by atoms with Crippen LogP contribution in [0.3, 0.4) is 0 Å². The summed E-state index contributed by atoms with van der Waals surface area (Å²) >= 11 is 17.8. The molecule has 12 aromatic rings. The SMILES string of the molecule is COCOCCN.COCOCCN1c2ncccc2C(=O)Nc2c(C)ccnc21.COCOCCNc1ncccc1C(=O)Nc1c(C)ccnc1Cl.CP(=O)(CCN)Oc1ccccc1.Cc1ccnc(Cl)c1NC(=O)c1cccnc1Cl.Cc1ccnc2c1NC(=O)c1cccnc1N2CCO.Cc1ccnc2c1NC(=O)c1cccnc1N2CCOC(=O)NCCP(C)(=O)Oc1ccccc1.[H-].[Na+]. The average Bonchev–Trinajstić information content (AvgIpc) is 1.68. The van der Waals surface area contributed by atoms with E-state index in [1.807, 2.05) is 75.9 Å². The summed E-state index contributed by atoms with van der Waals surface area (Å²) in [6.07, 6.45) is 16.1. The van der Waals surface area contributed by atoms with Crippen LogP contribution in [-0.4, -0.2) is 237 Å². The van der Waals surface area contributed by atoms with Gasteiger partial charge in [0.05, 0.1) is 95.4 Å². The normalized spacial score (nSPS) is 12.4. The molecule has 2 atom stereocenters. The molecule has 141 heavy (non-hydrogen) atoms. The van der Waals surface area contributed by atoms with Crippen molar-refractivity contribution >= 4 is 154 Å². The molecule has 12 N–H and O–H groups in total. The number of ether oxygens (including phenoxy) is 7. The van der Waals surface area contributed by atoms with Crippen LogP contribution in [0.2, 0.25) is 15.5 Å². The van der Waals surface area contributed by atoms with Gasteiger partial charge >= 0.3 is 35.7 Å². The Morgan fingerprint density at radius 3 is 1.21 bits per heavy atom. The quantitative estimate of drug-likeness (QED) is 0.00600. The molecule has 3 aliphatic rings. The Morgan fingerprint density at radius 1 is 0.418 bits per heavy atom. The number of aromatic nitrogens is 10. The number of benzene rings is 2. The zero-order valence-electron chi connectivity index (χ0n) is 80.6. The number of aryl methyl sites for hydroxylation is 5. The van der Waals surface area contributed by atoms with Gasteiger partial charge < -0.3 is 112 Å². The number of methoxy groups -OCH3 is 3. The summed E-state index contributed by atoms with van der Waals surface area (Å²) in [5.74, 6) is 3.54. The van der Waals surface area contributed by atoms with Gasteiger partial charge in [0.25, 0.3) is 29.5 Å². The predicted octanol–water partition coefficient (Wildman–Crippen LogP) is 12.5. The van der Waals surface area contributed by atoms with Crippen LogP contribution in [0.25, 0.3) is 0 Å². The van der Waals surface area contributed by atoms with Crippen molar-refractivity contribution in [1.29, 1.82) is 0 Å². The number of β-amino-alcohol motifs (C(OH)–C–C–N with tert-alkyl or cyclic N) is 1. The molecule has 6 amide bonds. The standard InChI is InChI=1S/C24H26N5O5P.C16H19ClN4O3.C16H18N4O3.C14H14N4O2.C12H9Cl2N3O.C9H14NO2P.C4H11NO2.Na.H/c1-17-10-12-26-22-20(17)28-23(30)19-9-6-11-25-21(19)29(22)14-15-33-24(31)27-13-16-35(2,32)34-18-7-4-3-5-8-18;1-11-5-7-18-14(17)13(11)21-16(22)12-4-3-6-19-15(12)20-8-9-24-10-23-2;1-11-5-7-18-15-13(11)19-16(21)12-4-3-6-17-14(12)20(15)8-9-23-10-22-2;1-9-4-6-16-13-11(9)17-14(20)10-3-2-5-15-12(10)18(13)7-8-19;1-7-4-6-16-11(14)9(7)17-12(18)8-3-2-5-15-10(8)13;1-13(11,8-7-10)12-9-5-3-2-4-6-9;1-6-4-7-3-2-5;;/h3-12H,13-16H2,1-2H3,(H,27,31)(H,28,30);3-7H,8-10H2,1-2H3,(H,19,20)(H,21,22);3-7H,8-10H2,1-2H3,(H,19,21);2-6,19H,7-8H2,1H3,(H,17,20);2-6H,1H3,(H,17,18);2-6H,7-8,10H2,1H3;2-5H2,1H3;;/q;;;;;;;+1;-1. The summed E-state index contributed by atoms with van der Waals surface area (Å²) in [6.45, 7) is 17.3. The summed E-state index contributed by atoms with van der Waals surface area (Å²) in [6, 6.07) is 44.0. The van der Waals surface area contributed by atoms with E-state index in [1.54, 1.807) is 209 Å². The Balaban J connectivity index is 0.000000232. The van der Waals surface area contributed by atoms with Gasteiger partial charge in [0, 0.05) is 142 Å². The Kier molecular flexibility index (Phi) is 47.7. The van der Waals surface area contributed by atoms with Crippen LogP contribution in [0.1, 0.15) is 81.0 Å². The Bertz CT molecular complexity index is 6180. The molecule has 13 heterocycles. The van der Waals surface area contributed by atoms with Gasteiger partial charge in [-0.2, -0.15) is 0 Å². The van der Waals surface area contributed by atoms with Gasteiger partial charge in [0.1, 0.15) is 66.9 Å². The first kappa shape index (κ1) is 114. The monoisotopic (exact) mass is 2040 g/mol. The van der Waals surface area contributed by atoms with E-state index in [2.05, 4.69) is 91.8 Å². The van der Waals surface area contributed by atoms with Gasteiger partial charge in [-0.15, -0.1) is 0 Å². The van der Waals surface area contributed by atoms with E-state index in [-0.39, 0.29) is 122 Å². The largest absolute Gasteiger partial charge is 1.00 e. The molecule has 2 aromatic carbocycles. The molecule has 0 bridgehead atoms. The number of carbonyl (C=O) groups excluding carboxylic acids is 6. The fourth-order valence-corrected chi connectivity index (χ4v) is 16.0. The number of nitrogens with one attached hydrogen (secondary N) is 7. The second kappa shape index (κ2) is 59.2. The molecule has 0 aliphatic carbocycles. The third-order valence-electron chi connectivity index (χ3n) is 19.7. The van der Waals surface area contributed by atoms with Crippen molar-refractivity contribution < 1.29 is 116 Å². The second-order valence-corrected chi connectivity index (χ2v) is 36.6. The molecule has 0 saturated heterocycles. The van der Waals surface area contributed by atoms with Crippen LogP contribution in [-0.2, 0) is 42.3 Å². The number of pyridine rings is 10. The zero-order chi connectivity index (χ0) is 101. The van der Waals surface area contributed by atoms with E-state index < -0.39 is 20.8 Å². The van der Waals surface area contributed by atoms with Crippen molar-refractivity contribution in [2.45, 2.75) is 34.6 Å². The van der Waals surface area contributed by atoms with Crippen LogP contribution in [0.15, 0.2) is 214 Å². The smallest absolute Gasteiger partial charge is 1.00 e. The number of halogens is 3. The molecule has 15 rings (SSSR count). The van der Waals surface area contributed by atoms with Crippen LogP contribution < -0.4 is 102 Å². The number of aliphatic hydroxyl groups excluding tert-OH is 1. The first-order valence-electron chi connectivity index (χ1n) is 43.4. The van der Waals surface area contributed by atoms with E-state index in [9.17, 15) is 43.0 Å². The maximum absolute atomic E-state index is 12.7. The minimum Gasteiger partial charge on any atom is -1.00 e. The average molecular weight is 2040 g/mol. The van der Waals surface area contributed by atoms with Crippen molar-refractivity contribution in [3.63, 3.8) is 0 Å². The molecule has 10 aromatic heterocycles. The number of anilines is 12. The van der Waals surface area contributed by atoms with Gasteiger partial charge in [-0.05, 0) is 178 Å². The van der Waals surface area contributed by atoms with E-state index in [0.29, 0.717) is 174 Å². The minimum atomic E-state index is -2.94. The van der Waals surface area contributed by atoms with Gasteiger partial charge in [-0.1, -0.05) is 71.2 Å². The molecule has 40 nitrogen and oxygen atoms in total. The third-order valence-corrected chi connectivity index (χ3v) is 23.8. The van der Waals surface area contributed by atoms with Crippen LogP contribution in [0, 0.1) is 34.6 Å². The first-order chi connectivity index (χ1) is 67.6. The Morgan fingerprint density at radius 2 is 0.787 bits per heavy atom. The number of hydrogen-bond acceptors (Lipinski definition) is 34. The number of carbonyl (C=O) groups is 6. The summed E-state index contributed by atoms with van der Waals surface area (Å²) in [5.41, 5.74) is 19.7. The second-order valence-electron chi connectivity index (χ2n) is 30.2. The number of alkyl carbamates (subject to hydrolysis) is 1. The van der Waals surface area contributed by atoms with E-state index in [4.69, 9.17) is 83.7 Å². The Labute approximate surface area is 854 Å². The number of nitrogens with zero attached hydrogens (tertiary/aromatic N) is 13. The van der Waals surface area contributed by atoms with E-state index in [1.165, 1.54) is 12.9 Å². The molecule has 0 saturated carbocycles. The zero-order valence-corrected chi connectivity index (χ0v) is 85.7. The minimum absolute atomic E-state index is 0. The maximum atomic E-state index is 12.7. The Hall–Kier alpha value is -12.7. The van der Waals surface area contributed by atoms with Crippen molar-refractivity contribution in [2.24, 2.45) is 11.5 Å². The van der Waals surface area contributed by atoms with Crippen LogP contribution in [0.5, 0.6) is 11.5 Å². The fourth-order valence-electron chi connectivity index (χ4n) is 12.9. The molecular weight excluding hydrogens is 1930 g/mol. The molecule has 0 spiro atoms. The van der Waals surface area contributed by atoms with Crippen molar-refractivity contribution in [3.8, 4) is 11.5 Å². The topological polar surface area (TPSA) is 515 Å². The number of fused-ring (bicyclic) bond motifs is 6. The number of nitrogens with two attached hydrogens (primary N) is 2. The number of para-hydroxylation sites is 2. The van der Waals surface area contributed by atoms with Crippen molar-refractivity contribution in [2.75, 3.05) is 193 Å². The van der Waals surface area contributed by atoms with Crippen LogP contribution in [0.4, 0.5) is 74.0 Å². The molecule has 742 valence electrons. The van der Waals surface area contributed by atoms with Crippen LogP contribution >= 0.6 is 49.5 Å². The molecule has 0 fully saturated rings. The van der Waals surface area contributed by atoms with Gasteiger partial charge in [-0.25, -0.2) is 54.6 Å². The van der Waals surface area contributed by atoms with E-state index >= 15 is 0 Å². The number of amides is 6. The maximum Gasteiger partial charge on any atom is 1.00 e. The molecule has 46 heteroatoms. The van der Waals surface area contributed by atoms with Crippen molar-refractivity contribution in [3.05, 3.63) is 285 Å². The predicted molar refractivity (Wildman–Crippen MR) is 540 cm³/mol.